The Bertz CT molecular complexity index is 985. The summed E-state index contributed by atoms with van der Waals surface area (Å²) >= 11 is 0. The number of imidazole rings is 1. The first-order chi connectivity index (χ1) is 12.1. The van der Waals surface area contributed by atoms with E-state index in [1.165, 1.54) is 13.2 Å². The highest BCUT2D eigenvalue weighted by Crippen LogP contribution is 2.38. The second-order valence-electron chi connectivity index (χ2n) is 5.46. The maximum absolute atomic E-state index is 14.1. The van der Waals surface area contributed by atoms with E-state index in [9.17, 15) is 22.0 Å². The first kappa shape index (κ1) is 17.8. The number of alkyl halides is 3. The van der Waals surface area contributed by atoms with Crippen LogP contribution in [0.25, 0.3) is 17.0 Å². The lowest BCUT2D eigenvalue weighted by Gasteiger charge is -2.18. The number of ether oxygens (including phenoxy) is 1. The predicted octanol–water partition coefficient (Wildman–Crippen LogP) is 3.33. The van der Waals surface area contributed by atoms with Crippen LogP contribution in [-0.4, -0.2) is 32.9 Å². The molecule has 26 heavy (non-hydrogen) atoms. The van der Waals surface area contributed by atoms with Crippen molar-refractivity contribution in [1.82, 2.24) is 19.6 Å². The van der Waals surface area contributed by atoms with E-state index in [0.29, 0.717) is 6.07 Å². The molecule has 3 rings (SSSR count). The Morgan fingerprint density at radius 2 is 1.88 bits per heavy atom. The number of nitrogens with zero attached hydrogens (tertiary/aromatic N) is 4. The van der Waals surface area contributed by atoms with Gasteiger partial charge in [-0.1, -0.05) is 0 Å². The minimum absolute atomic E-state index is 0.0810. The number of methoxy groups -OCH3 is 1. The third-order valence-electron chi connectivity index (χ3n) is 3.80. The highest BCUT2D eigenvalue weighted by Gasteiger charge is 2.40. The van der Waals surface area contributed by atoms with E-state index in [0.717, 1.165) is 17.6 Å². The lowest BCUT2D eigenvalue weighted by Crippen LogP contribution is -2.20. The summed E-state index contributed by atoms with van der Waals surface area (Å²) in [5, 5.41) is 3.91. The summed E-state index contributed by atoms with van der Waals surface area (Å²) < 4.78 is 72.7. The molecule has 0 saturated heterocycles. The molecule has 2 N–H and O–H groups in total. The normalized spacial score (nSPS) is 13.2. The van der Waals surface area contributed by atoms with Gasteiger partial charge in [0.25, 0.3) is 0 Å². The van der Waals surface area contributed by atoms with E-state index < -0.39 is 35.2 Å². The summed E-state index contributed by atoms with van der Waals surface area (Å²) in [5.74, 6) is -4.74. The van der Waals surface area contributed by atoms with Crippen molar-refractivity contribution in [2.24, 2.45) is 0 Å². The average Bonchev–Trinajstić information content (AvgIpc) is 2.98. The number of rotatable bonds is 3. The summed E-state index contributed by atoms with van der Waals surface area (Å²) in [6.07, 6.45) is -3.43. The number of nitrogens with two attached hydrogens (primary N) is 1. The Kier molecular flexibility index (Phi) is 4.17. The number of hydrogen-bond acceptors (Lipinski definition) is 5. The second kappa shape index (κ2) is 6.07. The molecule has 0 unspecified atom stereocenters. The Morgan fingerprint density at radius 1 is 1.19 bits per heavy atom. The van der Waals surface area contributed by atoms with Crippen molar-refractivity contribution in [3.8, 4) is 17.1 Å². The number of fused-ring (bicyclic) bond motifs is 1. The van der Waals surface area contributed by atoms with Crippen LogP contribution in [0.5, 0.6) is 5.75 Å². The first-order valence-electron chi connectivity index (χ1n) is 7.24. The minimum atomic E-state index is -4.57. The SMILES string of the molecule is COc1cc2ncc(-c3nc(N)c(F)cc3F)n2nc1[C@@H](C)C(F)(F)F. The Morgan fingerprint density at radius 3 is 2.50 bits per heavy atom. The maximum Gasteiger partial charge on any atom is 0.397 e. The molecular weight excluding hydrogens is 361 g/mol. The molecule has 0 bridgehead atoms. The summed E-state index contributed by atoms with van der Waals surface area (Å²) in [4.78, 5) is 7.56. The van der Waals surface area contributed by atoms with Crippen molar-refractivity contribution in [3.63, 3.8) is 0 Å². The third-order valence-corrected chi connectivity index (χ3v) is 3.80. The fourth-order valence-corrected chi connectivity index (χ4v) is 2.35. The number of pyridine rings is 1. The van der Waals surface area contributed by atoms with Gasteiger partial charge in [0.1, 0.15) is 22.8 Å². The first-order valence-corrected chi connectivity index (χ1v) is 7.24. The van der Waals surface area contributed by atoms with Crippen LogP contribution in [0, 0.1) is 11.6 Å². The zero-order chi connectivity index (χ0) is 19.2. The molecule has 0 radical (unpaired) electrons. The monoisotopic (exact) mass is 373 g/mol. The van der Waals surface area contributed by atoms with Gasteiger partial charge in [0, 0.05) is 12.1 Å². The van der Waals surface area contributed by atoms with Crippen molar-refractivity contribution >= 4 is 11.5 Å². The molecule has 138 valence electrons. The molecule has 3 aromatic heterocycles. The highest BCUT2D eigenvalue weighted by atomic mass is 19.4. The molecule has 3 heterocycles. The van der Waals surface area contributed by atoms with Gasteiger partial charge in [0.05, 0.1) is 19.2 Å². The van der Waals surface area contributed by atoms with Gasteiger partial charge in [-0.3, -0.25) is 0 Å². The van der Waals surface area contributed by atoms with E-state index in [1.54, 1.807) is 0 Å². The van der Waals surface area contributed by atoms with Crippen LogP contribution in [0.1, 0.15) is 18.5 Å². The van der Waals surface area contributed by atoms with Crippen LogP contribution in [0.4, 0.5) is 27.8 Å². The van der Waals surface area contributed by atoms with Gasteiger partial charge in [0.2, 0.25) is 0 Å². The van der Waals surface area contributed by atoms with Gasteiger partial charge in [-0.15, -0.1) is 0 Å². The molecule has 1 atom stereocenters. The van der Waals surface area contributed by atoms with Crippen molar-refractivity contribution in [3.05, 3.63) is 35.7 Å². The number of hydrogen-bond donors (Lipinski definition) is 1. The molecule has 0 aliphatic heterocycles. The second-order valence-corrected chi connectivity index (χ2v) is 5.46. The molecule has 11 heteroatoms. The Balaban J connectivity index is 2.26. The zero-order valence-electron chi connectivity index (χ0n) is 13.5. The van der Waals surface area contributed by atoms with Crippen LogP contribution in [0.2, 0.25) is 0 Å². The predicted molar refractivity (Wildman–Crippen MR) is 81.6 cm³/mol. The Labute approximate surface area is 143 Å². The molecule has 0 aliphatic rings. The van der Waals surface area contributed by atoms with E-state index in [2.05, 4.69) is 15.1 Å². The van der Waals surface area contributed by atoms with Crippen LogP contribution in [-0.2, 0) is 0 Å². The molecule has 0 aliphatic carbocycles. The average molecular weight is 373 g/mol. The summed E-state index contributed by atoms with van der Waals surface area (Å²) in [5.41, 5.74) is 4.56. The van der Waals surface area contributed by atoms with Crippen LogP contribution in [0.3, 0.4) is 0 Å². The summed E-state index contributed by atoms with van der Waals surface area (Å²) in [6.45, 7) is 0.919. The molecule has 3 aromatic rings. The van der Waals surface area contributed by atoms with Crippen molar-refractivity contribution < 1.29 is 26.7 Å². The Hall–Kier alpha value is -2.98. The number of aromatic nitrogens is 4. The van der Waals surface area contributed by atoms with Crippen molar-refractivity contribution in [1.29, 1.82) is 0 Å². The van der Waals surface area contributed by atoms with Crippen LogP contribution in [0.15, 0.2) is 18.3 Å². The molecule has 0 amide bonds. The summed E-state index contributed by atoms with van der Waals surface area (Å²) in [6, 6.07) is 1.76. The lowest BCUT2D eigenvalue weighted by molar-refractivity contribution is -0.147. The molecule has 0 aromatic carbocycles. The van der Waals surface area contributed by atoms with Gasteiger partial charge in [-0.25, -0.2) is 23.3 Å². The molecule has 0 spiro atoms. The van der Waals surface area contributed by atoms with Crippen LogP contribution >= 0.6 is 0 Å². The third kappa shape index (κ3) is 2.89. The fourth-order valence-electron chi connectivity index (χ4n) is 2.35. The smallest absolute Gasteiger partial charge is 0.397 e. The molecule has 0 saturated carbocycles. The van der Waals surface area contributed by atoms with Gasteiger partial charge < -0.3 is 10.5 Å². The van der Waals surface area contributed by atoms with Crippen molar-refractivity contribution in [2.45, 2.75) is 19.0 Å². The van der Waals surface area contributed by atoms with E-state index in [1.807, 2.05) is 0 Å². The standard InChI is InChI=1S/C15H12F5N5O/c1-6(15(18,19)20)12-10(26-2)4-11-22-5-9(25(11)24-12)13-7(16)3-8(17)14(21)23-13/h3-6H,1-2H3,(H2,21,23)/t6-/m1/s1. The number of nitrogen functional groups attached to an aromatic ring is 1. The van der Waals surface area contributed by atoms with Crippen molar-refractivity contribution in [2.75, 3.05) is 12.8 Å². The summed E-state index contributed by atoms with van der Waals surface area (Å²) in [7, 11) is 1.20. The van der Waals surface area contributed by atoms with Crippen LogP contribution < -0.4 is 10.5 Å². The van der Waals surface area contributed by atoms with Gasteiger partial charge >= 0.3 is 6.18 Å². The minimum Gasteiger partial charge on any atom is -0.495 e. The lowest BCUT2D eigenvalue weighted by atomic mass is 10.1. The molecule has 6 nitrogen and oxygen atoms in total. The number of halogens is 5. The molecular formula is C15H12F5N5O. The van der Waals surface area contributed by atoms with E-state index >= 15 is 0 Å². The fraction of sp³-hybridized carbons (Fsp3) is 0.267. The van der Waals surface area contributed by atoms with E-state index in [-0.39, 0.29) is 22.8 Å². The molecule has 0 fully saturated rings. The maximum atomic E-state index is 14.1. The van der Waals surface area contributed by atoms with Gasteiger partial charge in [-0.2, -0.15) is 18.3 Å². The largest absolute Gasteiger partial charge is 0.495 e. The quantitative estimate of drug-likeness (QED) is 0.713. The van der Waals surface area contributed by atoms with E-state index in [4.69, 9.17) is 10.5 Å². The highest BCUT2D eigenvalue weighted by molar-refractivity contribution is 5.62. The number of anilines is 1. The topological polar surface area (TPSA) is 78.3 Å². The zero-order valence-corrected chi connectivity index (χ0v) is 13.5. The van der Waals surface area contributed by atoms with Gasteiger partial charge in [-0.05, 0) is 6.92 Å². The van der Waals surface area contributed by atoms with Gasteiger partial charge in [0.15, 0.2) is 23.1 Å².